The third-order valence-electron chi connectivity index (χ3n) is 3.92. The molecule has 1 aliphatic rings. The second kappa shape index (κ2) is 12.1. The molecule has 30 heavy (non-hydrogen) atoms. The predicted molar refractivity (Wildman–Crippen MR) is 98.4 cm³/mol. The van der Waals surface area contributed by atoms with Gasteiger partial charge in [0.25, 0.3) is 0 Å². The smallest absolute Gasteiger partial charge is 0.305 e. The summed E-state index contributed by atoms with van der Waals surface area (Å²) in [4.78, 5) is 58.4. The number of ether oxygens (including phenoxy) is 5. The highest BCUT2D eigenvalue weighted by Crippen LogP contribution is 2.28. The maximum atomic E-state index is 12.3. The van der Waals surface area contributed by atoms with Gasteiger partial charge >= 0.3 is 23.9 Å². The van der Waals surface area contributed by atoms with Crippen molar-refractivity contribution in [3.63, 3.8) is 0 Å². The molecule has 170 valence electrons. The molecule has 1 rings (SSSR count). The Balaban J connectivity index is 3.28. The van der Waals surface area contributed by atoms with Gasteiger partial charge in [0.1, 0.15) is 18.8 Å². The fourth-order valence-electron chi connectivity index (χ4n) is 2.84. The Kier molecular flexibility index (Phi) is 10.2. The molecule has 5 atom stereocenters. The zero-order valence-electron chi connectivity index (χ0n) is 17.4. The van der Waals surface area contributed by atoms with Gasteiger partial charge in [0.2, 0.25) is 12.2 Å². The van der Waals surface area contributed by atoms with Crippen molar-refractivity contribution in [3.8, 4) is 0 Å². The average Bonchev–Trinajstić information content (AvgIpc) is 2.62. The van der Waals surface area contributed by atoms with Crippen molar-refractivity contribution in [2.45, 2.75) is 71.2 Å². The predicted octanol–water partition coefficient (Wildman–Crippen LogP) is -1.08. The molecule has 0 aromatic carbocycles. The second-order valence-electron chi connectivity index (χ2n) is 6.59. The van der Waals surface area contributed by atoms with Crippen molar-refractivity contribution in [1.29, 1.82) is 0 Å². The van der Waals surface area contributed by atoms with Crippen molar-refractivity contribution >= 4 is 29.8 Å². The van der Waals surface area contributed by atoms with Gasteiger partial charge in [0, 0.05) is 34.1 Å². The van der Waals surface area contributed by atoms with Gasteiger partial charge in [0.05, 0.1) is 0 Å². The van der Waals surface area contributed by atoms with E-state index in [1.54, 1.807) is 0 Å². The third-order valence-corrected chi connectivity index (χ3v) is 3.92. The molecule has 1 amide bonds. The molecule has 0 aliphatic carbocycles. The van der Waals surface area contributed by atoms with Gasteiger partial charge in [-0.2, -0.15) is 0 Å². The van der Waals surface area contributed by atoms with Crippen LogP contribution in [-0.2, 0) is 47.7 Å². The molecule has 1 saturated heterocycles. The summed E-state index contributed by atoms with van der Waals surface area (Å²) in [5.41, 5.74) is 5.41. The SMILES string of the molecule is CC(=O)OCC1O[C@@H](OC(C)=O)C(NC(=O)CCCN)C(OC(C)=O)[C@H]1OC(C)=O. The minimum Gasteiger partial charge on any atom is -0.463 e. The molecule has 0 aromatic rings. The summed E-state index contributed by atoms with van der Waals surface area (Å²) in [5, 5.41) is 2.58. The van der Waals surface area contributed by atoms with E-state index in [9.17, 15) is 24.0 Å². The van der Waals surface area contributed by atoms with Gasteiger partial charge in [-0.05, 0) is 13.0 Å². The summed E-state index contributed by atoms with van der Waals surface area (Å²) in [6.45, 7) is 4.43. The Morgan fingerprint density at radius 2 is 1.43 bits per heavy atom. The first-order valence-electron chi connectivity index (χ1n) is 9.35. The normalized spacial score (nSPS) is 25.6. The van der Waals surface area contributed by atoms with E-state index in [0.29, 0.717) is 6.42 Å². The minimum atomic E-state index is -1.40. The van der Waals surface area contributed by atoms with E-state index in [1.165, 1.54) is 0 Å². The van der Waals surface area contributed by atoms with Gasteiger partial charge in [-0.25, -0.2) is 0 Å². The molecule has 1 aliphatic heterocycles. The van der Waals surface area contributed by atoms with Crippen LogP contribution in [0.2, 0.25) is 0 Å². The molecule has 1 fully saturated rings. The Morgan fingerprint density at radius 3 is 1.93 bits per heavy atom. The highest BCUT2D eigenvalue weighted by Gasteiger charge is 2.52. The van der Waals surface area contributed by atoms with Crippen molar-refractivity contribution in [2.24, 2.45) is 5.73 Å². The molecule has 0 aromatic heterocycles. The lowest BCUT2D eigenvalue weighted by Gasteiger charge is -2.44. The molecule has 12 nitrogen and oxygen atoms in total. The Morgan fingerprint density at radius 1 is 0.867 bits per heavy atom. The Bertz CT molecular complexity index is 653. The van der Waals surface area contributed by atoms with Gasteiger partial charge in [-0.1, -0.05) is 0 Å². The highest BCUT2D eigenvalue weighted by atomic mass is 16.7. The molecule has 0 saturated carbocycles. The largest absolute Gasteiger partial charge is 0.463 e. The van der Waals surface area contributed by atoms with Crippen molar-refractivity contribution in [2.75, 3.05) is 13.2 Å². The number of carbonyl (C=O) groups is 5. The van der Waals surface area contributed by atoms with Crippen LogP contribution in [0.1, 0.15) is 40.5 Å². The number of nitrogens with two attached hydrogens (primary N) is 1. The van der Waals surface area contributed by atoms with Crippen LogP contribution < -0.4 is 11.1 Å². The molecule has 3 unspecified atom stereocenters. The summed E-state index contributed by atoms with van der Waals surface area (Å²) in [7, 11) is 0. The molecular weight excluding hydrogens is 404 g/mol. The van der Waals surface area contributed by atoms with Crippen LogP contribution in [0.3, 0.4) is 0 Å². The molecule has 0 bridgehead atoms. The number of hydrogen-bond donors (Lipinski definition) is 2. The quantitative estimate of drug-likeness (QED) is 0.336. The zero-order valence-corrected chi connectivity index (χ0v) is 17.4. The van der Waals surface area contributed by atoms with Crippen LogP contribution in [0.15, 0.2) is 0 Å². The van der Waals surface area contributed by atoms with Crippen LogP contribution in [0, 0.1) is 0 Å². The van der Waals surface area contributed by atoms with Gasteiger partial charge in [-0.3, -0.25) is 24.0 Å². The van der Waals surface area contributed by atoms with Gasteiger partial charge in [0.15, 0.2) is 12.2 Å². The van der Waals surface area contributed by atoms with Crippen molar-refractivity contribution in [1.82, 2.24) is 5.32 Å². The fraction of sp³-hybridized carbons (Fsp3) is 0.722. The average molecular weight is 432 g/mol. The van der Waals surface area contributed by atoms with E-state index in [-0.39, 0.29) is 19.6 Å². The maximum Gasteiger partial charge on any atom is 0.305 e. The molecular formula is C18H28N2O10. The minimum absolute atomic E-state index is 0.0572. The Labute approximate surface area is 173 Å². The van der Waals surface area contributed by atoms with Crippen LogP contribution in [-0.4, -0.2) is 73.6 Å². The van der Waals surface area contributed by atoms with Crippen molar-refractivity contribution < 1.29 is 47.7 Å². The van der Waals surface area contributed by atoms with Crippen molar-refractivity contribution in [3.05, 3.63) is 0 Å². The number of hydrogen-bond acceptors (Lipinski definition) is 11. The third kappa shape index (κ3) is 8.33. The standard InChI is InChI=1S/C18H28N2O10/c1-9(21)26-8-13-16(27-10(2)22)17(28-11(3)23)15(18(30-13)29-12(4)24)20-14(25)6-5-7-19/h13,15-18H,5-8,19H2,1-4H3,(H,20,25)/t13?,15?,16-,17?,18+/m0/s1. The number of amides is 1. The van der Waals surface area contributed by atoms with Crippen LogP contribution in [0.5, 0.6) is 0 Å². The molecule has 12 heteroatoms. The monoisotopic (exact) mass is 432 g/mol. The summed E-state index contributed by atoms with van der Waals surface area (Å²) in [6.07, 6.45) is -4.63. The van der Waals surface area contributed by atoms with Crippen LogP contribution in [0.25, 0.3) is 0 Å². The molecule has 1 heterocycles. The summed E-state index contributed by atoms with van der Waals surface area (Å²) in [6, 6.07) is -1.19. The van der Waals surface area contributed by atoms with Crippen LogP contribution >= 0.6 is 0 Å². The summed E-state index contributed by atoms with van der Waals surface area (Å²) in [5.74, 6) is -3.31. The Hall–Kier alpha value is -2.73. The summed E-state index contributed by atoms with van der Waals surface area (Å²) >= 11 is 0. The van der Waals surface area contributed by atoms with E-state index in [0.717, 1.165) is 27.7 Å². The lowest BCUT2D eigenvalue weighted by Crippen LogP contribution is -2.67. The first-order chi connectivity index (χ1) is 14.0. The molecule has 3 N–H and O–H groups in total. The summed E-state index contributed by atoms with van der Waals surface area (Å²) < 4.78 is 26.3. The second-order valence-corrected chi connectivity index (χ2v) is 6.59. The van der Waals surface area contributed by atoms with Gasteiger partial charge < -0.3 is 34.7 Å². The topological polar surface area (TPSA) is 170 Å². The molecule has 0 radical (unpaired) electrons. The van der Waals surface area contributed by atoms with E-state index in [4.69, 9.17) is 29.4 Å². The first-order valence-corrected chi connectivity index (χ1v) is 9.35. The zero-order chi connectivity index (χ0) is 22.8. The van der Waals surface area contributed by atoms with E-state index < -0.39 is 60.4 Å². The van der Waals surface area contributed by atoms with Crippen LogP contribution in [0.4, 0.5) is 0 Å². The van der Waals surface area contributed by atoms with E-state index in [1.807, 2.05) is 0 Å². The lowest BCUT2D eigenvalue weighted by molar-refractivity contribution is -0.271. The molecule has 0 spiro atoms. The van der Waals surface area contributed by atoms with E-state index in [2.05, 4.69) is 5.32 Å². The van der Waals surface area contributed by atoms with E-state index >= 15 is 0 Å². The maximum absolute atomic E-state index is 12.3. The number of rotatable bonds is 9. The fourth-order valence-corrected chi connectivity index (χ4v) is 2.84. The number of carbonyl (C=O) groups excluding carboxylic acids is 5. The van der Waals surface area contributed by atoms with Gasteiger partial charge in [-0.15, -0.1) is 0 Å². The first kappa shape index (κ1) is 25.3. The lowest BCUT2D eigenvalue weighted by atomic mass is 9.95. The number of esters is 4. The highest BCUT2D eigenvalue weighted by molar-refractivity contribution is 5.76. The number of nitrogens with one attached hydrogen (secondary N) is 1.